The number of aryl methyl sites for hydroxylation is 2. The summed E-state index contributed by atoms with van der Waals surface area (Å²) in [6.45, 7) is 4.32. The van der Waals surface area contributed by atoms with Crippen molar-refractivity contribution >= 4 is 114 Å². The van der Waals surface area contributed by atoms with Gasteiger partial charge in [0.1, 0.15) is 0 Å². The number of rotatable bonds is 5. The molecule has 14 aromatic rings. The van der Waals surface area contributed by atoms with Gasteiger partial charge in [-0.2, -0.15) is 0 Å². The Kier molecular flexibility index (Phi) is 7.03. The molecule has 0 N–H and O–H groups in total. The maximum absolute atomic E-state index is 2.44. The normalized spacial score (nSPS) is 12.3. The molecule has 0 radical (unpaired) electrons. The second-order valence-electron chi connectivity index (χ2n) is 17.6. The molecule has 14 aromatic carbocycles. The number of benzene rings is 12. The van der Waals surface area contributed by atoms with E-state index in [0.29, 0.717) is 0 Å². The van der Waals surface area contributed by atoms with Gasteiger partial charge in [-0.05, 0) is 158 Å². The topological polar surface area (TPSA) is 3.24 Å². The fraction of sp³-hybridized carbons (Fsp3) is 0.0323. The summed E-state index contributed by atoms with van der Waals surface area (Å²) in [5, 5.41) is 23.8. The minimum atomic E-state index is 1.14. The number of nitrogens with zero attached hydrogens (tertiary/aromatic N) is 1. The van der Waals surface area contributed by atoms with Crippen LogP contribution in [0.15, 0.2) is 200 Å². The average Bonchev–Trinajstić information content (AvgIpc) is 3.85. The molecular weight excluding hydrogens is 759 g/mol. The molecule has 14 rings (SSSR count). The Balaban J connectivity index is 1.20. The van der Waals surface area contributed by atoms with Crippen molar-refractivity contribution in [1.29, 1.82) is 0 Å². The quantitative estimate of drug-likeness (QED) is 0.124. The lowest BCUT2D eigenvalue weighted by atomic mass is 9.87. The van der Waals surface area contributed by atoms with E-state index in [9.17, 15) is 0 Å². The van der Waals surface area contributed by atoms with Crippen LogP contribution in [-0.4, -0.2) is 0 Å². The van der Waals surface area contributed by atoms with Gasteiger partial charge in [0.2, 0.25) is 0 Å². The van der Waals surface area contributed by atoms with Crippen LogP contribution in [0.2, 0.25) is 0 Å². The van der Waals surface area contributed by atoms with Crippen LogP contribution in [0.5, 0.6) is 0 Å². The minimum absolute atomic E-state index is 1.14. The Hall–Kier alpha value is -8.00. The second-order valence-corrected chi connectivity index (χ2v) is 17.6. The molecule has 0 aliphatic rings. The molecule has 0 atom stereocenters. The van der Waals surface area contributed by atoms with Gasteiger partial charge in [0.15, 0.2) is 0 Å². The second kappa shape index (κ2) is 12.8. The maximum Gasteiger partial charge on any atom is 0.0540 e. The van der Waals surface area contributed by atoms with Crippen LogP contribution in [-0.2, 0) is 0 Å². The van der Waals surface area contributed by atoms with Gasteiger partial charge >= 0.3 is 0 Å². The molecule has 0 saturated carbocycles. The lowest BCUT2D eigenvalue weighted by Crippen LogP contribution is -2.10. The smallest absolute Gasteiger partial charge is 0.0540 e. The third-order valence-corrected chi connectivity index (χ3v) is 14.2. The van der Waals surface area contributed by atoms with Gasteiger partial charge in [0, 0.05) is 16.8 Å². The summed E-state index contributed by atoms with van der Waals surface area (Å²) < 4.78 is 0. The van der Waals surface area contributed by atoms with Crippen LogP contribution >= 0.6 is 0 Å². The molecule has 0 heterocycles. The maximum atomic E-state index is 2.44. The minimum Gasteiger partial charge on any atom is -0.310 e. The summed E-state index contributed by atoms with van der Waals surface area (Å²) in [4.78, 5) is 2.44. The van der Waals surface area contributed by atoms with Gasteiger partial charge < -0.3 is 4.90 Å². The molecule has 63 heavy (non-hydrogen) atoms. The number of hydrogen-bond donors (Lipinski definition) is 0. The van der Waals surface area contributed by atoms with Crippen molar-refractivity contribution in [1.82, 2.24) is 0 Å². The largest absolute Gasteiger partial charge is 0.310 e. The Morgan fingerprint density at radius 2 is 0.635 bits per heavy atom. The van der Waals surface area contributed by atoms with Crippen molar-refractivity contribution < 1.29 is 0 Å². The van der Waals surface area contributed by atoms with E-state index >= 15 is 0 Å². The van der Waals surface area contributed by atoms with Gasteiger partial charge in [-0.3, -0.25) is 0 Å². The predicted octanol–water partition coefficient (Wildman–Crippen LogP) is 17.8. The number of anilines is 3. The first-order chi connectivity index (χ1) is 31.1. The van der Waals surface area contributed by atoms with Crippen molar-refractivity contribution in [3.63, 3.8) is 0 Å². The van der Waals surface area contributed by atoms with Crippen LogP contribution in [0, 0.1) is 13.8 Å². The van der Waals surface area contributed by atoms with Crippen LogP contribution < -0.4 is 4.90 Å². The fourth-order valence-corrected chi connectivity index (χ4v) is 11.6. The van der Waals surface area contributed by atoms with E-state index in [4.69, 9.17) is 0 Å². The Morgan fingerprint density at radius 1 is 0.254 bits per heavy atom. The predicted molar refractivity (Wildman–Crippen MR) is 273 cm³/mol. The van der Waals surface area contributed by atoms with Gasteiger partial charge in [-0.15, -0.1) is 0 Å². The van der Waals surface area contributed by atoms with Crippen molar-refractivity contribution in [3.05, 3.63) is 211 Å². The van der Waals surface area contributed by atoms with Crippen molar-refractivity contribution in [3.8, 4) is 22.3 Å². The summed E-state index contributed by atoms with van der Waals surface area (Å²) in [6.07, 6.45) is 0. The lowest BCUT2D eigenvalue weighted by molar-refractivity contribution is 1.28. The summed E-state index contributed by atoms with van der Waals surface area (Å²) in [5.41, 5.74) is 11.1. The Labute approximate surface area is 364 Å². The molecule has 1 nitrogen and oxygen atoms in total. The fourth-order valence-electron chi connectivity index (χ4n) is 11.6. The van der Waals surface area contributed by atoms with E-state index in [0.717, 1.165) is 11.4 Å². The molecule has 0 spiro atoms. The highest BCUT2D eigenvalue weighted by Crippen LogP contribution is 2.58. The van der Waals surface area contributed by atoms with E-state index in [-0.39, 0.29) is 0 Å². The van der Waals surface area contributed by atoms with Gasteiger partial charge in [0.25, 0.3) is 0 Å². The molecular formula is C62H39N. The third-order valence-electron chi connectivity index (χ3n) is 14.2. The summed E-state index contributed by atoms with van der Waals surface area (Å²) in [7, 11) is 0. The first kappa shape index (κ1) is 34.7. The van der Waals surface area contributed by atoms with Crippen molar-refractivity contribution in [2.24, 2.45) is 0 Å². The van der Waals surface area contributed by atoms with Gasteiger partial charge in [-0.25, -0.2) is 0 Å². The van der Waals surface area contributed by atoms with Gasteiger partial charge in [0.05, 0.1) is 5.69 Å². The van der Waals surface area contributed by atoms with E-state index in [1.54, 1.807) is 0 Å². The van der Waals surface area contributed by atoms with Crippen LogP contribution in [0.4, 0.5) is 17.1 Å². The number of fused-ring (bicyclic) bond motifs is 8. The van der Waals surface area contributed by atoms with Crippen LogP contribution in [0.1, 0.15) is 11.1 Å². The highest BCUT2D eigenvalue weighted by molar-refractivity contribution is 6.49. The van der Waals surface area contributed by atoms with E-state index < -0.39 is 0 Å². The molecule has 0 aliphatic heterocycles. The zero-order valence-electron chi connectivity index (χ0n) is 35.0. The highest BCUT2D eigenvalue weighted by Gasteiger charge is 2.29. The average molecular weight is 798 g/mol. The van der Waals surface area contributed by atoms with E-state index in [1.165, 1.54) is 136 Å². The molecule has 0 aromatic heterocycles. The third kappa shape index (κ3) is 4.66. The van der Waals surface area contributed by atoms with E-state index in [2.05, 4.69) is 219 Å². The van der Waals surface area contributed by atoms with Gasteiger partial charge in [-0.1, -0.05) is 181 Å². The summed E-state index contributed by atoms with van der Waals surface area (Å²) in [5.74, 6) is 0. The molecule has 292 valence electrons. The lowest BCUT2D eigenvalue weighted by Gasteiger charge is -2.27. The summed E-state index contributed by atoms with van der Waals surface area (Å²) in [6, 6.07) is 75.4. The SMILES string of the molecule is Cc1ccc(N(c2ccc(C)cc2)c2ccc3c4c(-c5ccccc5)c5c6ccc7c8cccc9cccc(c%10ccc(c5c(-c5ccccc5)c4c4cccc2c43)c6c%107)c98)cc1. The Morgan fingerprint density at radius 3 is 1.16 bits per heavy atom. The van der Waals surface area contributed by atoms with Crippen molar-refractivity contribution in [2.45, 2.75) is 13.8 Å². The number of hydrogen-bond acceptors (Lipinski definition) is 1. The van der Waals surface area contributed by atoms with Crippen molar-refractivity contribution in [2.75, 3.05) is 4.90 Å². The first-order valence-electron chi connectivity index (χ1n) is 22.1. The monoisotopic (exact) mass is 797 g/mol. The van der Waals surface area contributed by atoms with Crippen LogP contribution in [0.3, 0.4) is 0 Å². The molecule has 0 fully saturated rings. The molecule has 0 unspecified atom stereocenters. The molecule has 0 bridgehead atoms. The molecule has 0 saturated heterocycles. The van der Waals surface area contributed by atoms with Crippen LogP contribution in [0.25, 0.3) is 119 Å². The molecule has 0 amide bonds. The zero-order valence-corrected chi connectivity index (χ0v) is 35.0. The molecule has 1 heteroatoms. The highest BCUT2D eigenvalue weighted by atomic mass is 15.1. The first-order valence-corrected chi connectivity index (χ1v) is 22.1. The summed E-state index contributed by atoms with van der Waals surface area (Å²) >= 11 is 0. The van der Waals surface area contributed by atoms with E-state index in [1.807, 2.05) is 0 Å². The Bertz CT molecular complexity index is 3890. The molecule has 0 aliphatic carbocycles. The standard InChI is InChI=1S/C62H39N/c1-36-22-26-41(27-23-36)63(42-28-24-37(2)25-29-42)52-35-34-49-56-47(52)20-11-21-48(56)59-54(39-12-5-3-6-13-39)61-50-32-30-45-43-18-9-16-38-17-10-19-44(53(38)43)46-31-33-51(58(50)57(45)46)62(61)55(60(49)59)40-14-7-4-8-15-40/h3-35H,1-2H3. The zero-order chi connectivity index (χ0) is 41.5.